The summed E-state index contributed by atoms with van der Waals surface area (Å²) >= 11 is 1.32. The van der Waals surface area contributed by atoms with Gasteiger partial charge in [0.1, 0.15) is 5.75 Å². The number of rotatable bonds is 9. The first-order valence-corrected chi connectivity index (χ1v) is 8.34. The molecule has 1 rings (SSSR count). The molecule has 0 fully saturated rings. The maximum atomic E-state index is 12.2. The number of phosphoric acid groups is 1. The smallest absolute Gasteiger partial charge is 0.404 e. The first-order chi connectivity index (χ1) is 9.13. The van der Waals surface area contributed by atoms with E-state index in [9.17, 15) is 4.57 Å². The Morgan fingerprint density at radius 1 is 1.21 bits per heavy atom. The number of hydrogen-bond donors (Lipinski definition) is 0. The van der Waals surface area contributed by atoms with Crippen LogP contribution in [-0.2, 0) is 23.5 Å². The van der Waals surface area contributed by atoms with E-state index in [1.54, 1.807) is 33.1 Å². The van der Waals surface area contributed by atoms with Crippen LogP contribution in [0.25, 0.3) is 0 Å². The molecule has 5 nitrogen and oxygen atoms in total. The van der Waals surface area contributed by atoms with Gasteiger partial charge in [-0.3, -0.25) is 9.05 Å². The summed E-state index contributed by atoms with van der Waals surface area (Å²) in [6.07, 6.45) is 0. The lowest BCUT2D eigenvalue weighted by molar-refractivity contribution is 0.167. The number of phosphoric ester groups is 1. The molecule has 0 amide bonds. The topological polar surface area (TPSA) is 54.0 Å². The van der Waals surface area contributed by atoms with Gasteiger partial charge in [-0.05, 0) is 43.6 Å². The van der Waals surface area contributed by atoms with E-state index in [0.717, 1.165) is 5.56 Å². The third-order valence-electron chi connectivity index (χ3n) is 2.03. The Bertz CT molecular complexity index is 416. The summed E-state index contributed by atoms with van der Waals surface area (Å²) < 4.78 is 32.7. The van der Waals surface area contributed by atoms with Gasteiger partial charge in [0.2, 0.25) is 0 Å². The summed E-state index contributed by atoms with van der Waals surface area (Å²) in [5.41, 5.74) is 1.00. The fourth-order valence-corrected chi connectivity index (χ4v) is 2.97. The molecule has 108 valence electrons. The second kappa shape index (κ2) is 8.61. The molecular formula is C12H19O5PS. The van der Waals surface area contributed by atoms with Crippen molar-refractivity contribution in [3.05, 3.63) is 29.8 Å². The summed E-state index contributed by atoms with van der Waals surface area (Å²) in [6.45, 7) is 3.99. The first-order valence-electron chi connectivity index (χ1n) is 5.96. The molecule has 0 N–H and O–H groups in total. The van der Waals surface area contributed by atoms with Crippen LogP contribution in [0.5, 0.6) is 5.75 Å². The van der Waals surface area contributed by atoms with Crippen LogP contribution in [0.4, 0.5) is 0 Å². The summed E-state index contributed by atoms with van der Waals surface area (Å²) in [4.78, 5) is 0. The van der Waals surface area contributed by atoms with Crippen LogP contribution in [0, 0.1) is 0 Å². The number of hydrogen-bond acceptors (Lipinski definition) is 6. The largest absolute Gasteiger partial charge is 0.530 e. The Morgan fingerprint density at radius 3 is 2.47 bits per heavy atom. The Morgan fingerprint density at radius 2 is 1.89 bits per heavy atom. The van der Waals surface area contributed by atoms with Gasteiger partial charge in [-0.1, -0.05) is 12.1 Å². The molecule has 0 atom stereocenters. The Balaban J connectivity index is 2.76. The lowest BCUT2D eigenvalue weighted by Gasteiger charge is -2.17. The van der Waals surface area contributed by atoms with Crippen LogP contribution in [0.2, 0.25) is 0 Å². The second-order valence-electron chi connectivity index (χ2n) is 3.45. The maximum Gasteiger partial charge on any atom is 0.530 e. The molecule has 1 aromatic carbocycles. The van der Waals surface area contributed by atoms with Gasteiger partial charge in [-0.25, -0.2) is 4.57 Å². The van der Waals surface area contributed by atoms with Gasteiger partial charge in [0.15, 0.2) is 0 Å². The lowest BCUT2D eigenvalue weighted by atomic mass is 10.2. The molecule has 19 heavy (non-hydrogen) atoms. The van der Waals surface area contributed by atoms with Crippen molar-refractivity contribution in [1.29, 1.82) is 0 Å². The minimum atomic E-state index is -3.53. The maximum absolute atomic E-state index is 12.2. The summed E-state index contributed by atoms with van der Waals surface area (Å²) in [5, 5.41) is 0. The highest BCUT2D eigenvalue weighted by Crippen LogP contribution is 2.49. The summed E-state index contributed by atoms with van der Waals surface area (Å²) in [5.74, 6) is 1.14. The summed E-state index contributed by atoms with van der Waals surface area (Å²) in [7, 11) is -1.91. The second-order valence-corrected chi connectivity index (χ2v) is 5.90. The first kappa shape index (κ1) is 16.5. The monoisotopic (exact) mass is 306 g/mol. The van der Waals surface area contributed by atoms with Gasteiger partial charge in [0, 0.05) is 5.75 Å². The van der Waals surface area contributed by atoms with Crippen LogP contribution in [-0.4, -0.2) is 20.3 Å². The van der Waals surface area contributed by atoms with Gasteiger partial charge in [0.05, 0.1) is 20.3 Å². The molecule has 0 radical (unpaired) electrons. The third-order valence-corrected chi connectivity index (χ3v) is 4.30. The number of benzene rings is 1. The molecule has 0 heterocycles. The molecule has 0 aromatic heterocycles. The van der Waals surface area contributed by atoms with Crippen molar-refractivity contribution in [3.63, 3.8) is 0 Å². The molecule has 1 aromatic rings. The van der Waals surface area contributed by atoms with E-state index in [-0.39, 0.29) is 13.2 Å². The van der Waals surface area contributed by atoms with Gasteiger partial charge in [0.25, 0.3) is 0 Å². The minimum absolute atomic E-state index is 0.260. The van der Waals surface area contributed by atoms with E-state index in [4.69, 9.17) is 17.8 Å². The molecule has 0 aliphatic rings. The van der Waals surface area contributed by atoms with E-state index >= 15 is 0 Å². The van der Waals surface area contributed by atoms with Gasteiger partial charge < -0.3 is 8.71 Å². The van der Waals surface area contributed by atoms with Gasteiger partial charge in [-0.2, -0.15) is 0 Å². The highest BCUT2D eigenvalue weighted by molar-refractivity contribution is 7.93. The Hall–Kier alpha value is -0.520. The van der Waals surface area contributed by atoms with Crippen molar-refractivity contribution in [2.75, 3.05) is 20.3 Å². The molecule has 0 saturated heterocycles. The molecule has 0 spiro atoms. The molecule has 0 bridgehead atoms. The van der Waals surface area contributed by atoms with E-state index in [1.165, 1.54) is 12.0 Å². The summed E-state index contributed by atoms with van der Waals surface area (Å²) in [6, 6.07) is 7.26. The quantitative estimate of drug-likeness (QED) is 0.507. The minimum Gasteiger partial charge on any atom is -0.404 e. The van der Waals surface area contributed by atoms with E-state index in [2.05, 4.69) is 0 Å². The van der Waals surface area contributed by atoms with Crippen molar-refractivity contribution in [2.24, 2.45) is 0 Å². The van der Waals surface area contributed by atoms with Crippen LogP contribution < -0.4 is 4.52 Å². The molecule has 0 aliphatic heterocycles. The van der Waals surface area contributed by atoms with E-state index in [1.807, 2.05) is 12.1 Å². The molecule has 0 saturated carbocycles. The Labute approximate surface area is 118 Å². The predicted octanol–water partition coefficient (Wildman–Crippen LogP) is 4.04. The van der Waals surface area contributed by atoms with E-state index in [0.29, 0.717) is 11.5 Å². The molecular weight excluding hydrogens is 287 g/mol. The van der Waals surface area contributed by atoms with E-state index < -0.39 is 7.82 Å². The van der Waals surface area contributed by atoms with Crippen molar-refractivity contribution in [2.45, 2.75) is 19.6 Å². The van der Waals surface area contributed by atoms with Crippen molar-refractivity contribution >= 4 is 19.9 Å². The third kappa shape index (κ3) is 5.97. The van der Waals surface area contributed by atoms with Crippen molar-refractivity contribution in [3.8, 4) is 5.75 Å². The fraction of sp³-hybridized carbons (Fsp3) is 0.500. The van der Waals surface area contributed by atoms with Crippen LogP contribution in [0.3, 0.4) is 0 Å². The lowest BCUT2D eigenvalue weighted by Crippen LogP contribution is -2.02. The SMILES string of the molecule is CCOP(=O)(OCC)Oc1cccc(CSOC)c1. The predicted molar refractivity (Wildman–Crippen MR) is 76.2 cm³/mol. The van der Waals surface area contributed by atoms with Gasteiger partial charge >= 0.3 is 7.82 Å². The standard InChI is InChI=1S/C12H19O5PS/c1-4-15-18(13,16-5-2)17-12-8-6-7-11(9-12)10-19-14-3/h6-9H,4-5,10H2,1-3H3. The Kier molecular flexibility index (Phi) is 7.49. The van der Waals surface area contributed by atoms with Crippen LogP contribution in [0.15, 0.2) is 24.3 Å². The van der Waals surface area contributed by atoms with Gasteiger partial charge in [-0.15, -0.1) is 0 Å². The van der Waals surface area contributed by atoms with Crippen molar-refractivity contribution in [1.82, 2.24) is 0 Å². The zero-order chi connectivity index (χ0) is 14.1. The van der Waals surface area contributed by atoms with Crippen molar-refractivity contribution < 1.29 is 22.3 Å². The highest BCUT2D eigenvalue weighted by Gasteiger charge is 2.27. The highest BCUT2D eigenvalue weighted by atomic mass is 32.2. The average Bonchev–Trinajstić information content (AvgIpc) is 2.37. The van der Waals surface area contributed by atoms with Crippen LogP contribution >= 0.6 is 19.9 Å². The normalized spacial score (nSPS) is 11.5. The zero-order valence-corrected chi connectivity index (χ0v) is 13.0. The fourth-order valence-electron chi connectivity index (χ4n) is 1.35. The average molecular weight is 306 g/mol. The molecule has 0 aliphatic carbocycles. The van der Waals surface area contributed by atoms with Crippen LogP contribution in [0.1, 0.15) is 19.4 Å². The zero-order valence-electron chi connectivity index (χ0n) is 11.3. The molecule has 7 heteroatoms. The molecule has 0 unspecified atom stereocenters.